The highest BCUT2D eigenvalue weighted by molar-refractivity contribution is 8.13. The van der Waals surface area contributed by atoms with Gasteiger partial charge in [0.15, 0.2) is 5.82 Å². The van der Waals surface area contributed by atoms with Crippen molar-refractivity contribution in [1.29, 1.82) is 0 Å². The SMILES string of the molecule is CC(C)n1c(-c2n[nH]c3ccccc23)nnc1S(=O)(=O)Cl. The second-order valence-corrected chi connectivity index (χ2v) is 7.29. The highest BCUT2D eigenvalue weighted by Gasteiger charge is 2.26. The number of nitrogens with zero attached hydrogens (tertiary/aromatic N) is 4. The Hall–Kier alpha value is -1.93. The number of para-hydroxylation sites is 1. The second-order valence-electron chi connectivity index (χ2n) is 4.83. The summed E-state index contributed by atoms with van der Waals surface area (Å²) in [6.07, 6.45) is 0. The largest absolute Gasteiger partial charge is 0.296 e. The van der Waals surface area contributed by atoms with Crippen LogP contribution in [-0.2, 0) is 9.05 Å². The molecule has 2 heterocycles. The Kier molecular flexibility index (Phi) is 3.22. The lowest BCUT2D eigenvalue weighted by molar-refractivity contribution is 0.530. The number of aromatic amines is 1. The molecule has 110 valence electrons. The van der Waals surface area contributed by atoms with Crippen LogP contribution in [0.15, 0.2) is 29.4 Å². The maximum absolute atomic E-state index is 11.6. The molecular weight excluding hydrogens is 314 g/mol. The summed E-state index contributed by atoms with van der Waals surface area (Å²) in [5.74, 6) is 0.363. The van der Waals surface area contributed by atoms with E-state index in [1.54, 1.807) is 0 Å². The molecular formula is C12H12ClN5O2S. The van der Waals surface area contributed by atoms with E-state index in [2.05, 4.69) is 20.4 Å². The molecule has 0 bridgehead atoms. The molecule has 2 aromatic heterocycles. The Balaban J connectivity index is 2.31. The topological polar surface area (TPSA) is 93.5 Å². The second kappa shape index (κ2) is 4.81. The molecule has 9 heteroatoms. The minimum atomic E-state index is -3.98. The van der Waals surface area contributed by atoms with Gasteiger partial charge >= 0.3 is 0 Å². The first-order valence-electron chi connectivity index (χ1n) is 6.22. The highest BCUT2D eigenvalue weighted by Crippen LogP contribution is 2.29. The van der Waals surface area contributed by atoms with Crippen molar-refractivity contribution in [3.63, 3.8) is 0 Å². The number of hydrogen-bond donors (Lipinski definition) is 1. The van der Waals surface area contributed by atoms with Crippen molar-refractivity contribution in [2.75, 3.05) is 0 Å². The molecule has 3 aromatic rings. The average molecular weight is 326 g/mol. The zero-order valence-electron chi connectivity index (χ0n) is 11.3. The quantitative estimate of drug-likeness (QED) is 0.746. The Labute approximate surface area is 125 Å². The third-order valence-electron chi connectivity index (χ3n) is 3.08. The Morgan fingerprint density at radius 2 is 1.95 bits per heavy atom. The van der Waals surface area contributed by atoms with Gasteiger partial charge in [-0.3, -0.25) is 9.67 Å². The van der Waals surface area contributed by atoms with Crippen LogP contribution in [0.1, 0.15) is 19.9 Å². The van der Waals surface area contributed by atoms with E-state index in [4.69, 9.17) is 10.7 Å². The van der Waals surface area contributed by atoms with E-state index in [0.717, 1.165) is 10.9 Å². The monoisotopic (exact) mass is 325 g/mol. The number of fused-ring (bicyclic) bond motifs is 1. The van der Waals surface area contributed by atoms with Crippen molar-refractivity contribution in [2.24, 2.45) is 0 Å². The van der Waals surface area contributed by atoms with Gasteiger partial charge in [0.05, 0.1) is 5.52 Å². The lowest BCUT2D eigenvalue weighted by atomic mass is 10.2. The van der Waals surface area contributed by atoms with Gasteiger partial charge in [-0.15, -0.1) is 10.2 Å². The lowest BCUT2D eigenvalue weighted by Crippen LogP contribution is -2.10. The molecule has 1 N–H and O–H groups in total. The molecule has 21 heavy (non-hydrogen) atoms. The molecule has 0 atom stereocenters. The van der Waals surface area contributed by atoms with Gasteiger partial charge in [0.25, 0.3) is 14.2 Å². The van der Waals surface area contributed by atoms with E-state index in [1.807, 2.05) is 38.1 Å². The number of benzene rings is 1. The van der Waals surface area contributed by atoms with Crippen molar-refractivity contribution < 1.29 is 8.42 Å². The smallest absolute Gasteiger partial charge is 0.293 e. The fourth-order valence-corrected chi connectivity index (χ4v) is 3.19. The van der Waals surface area contributed by atoms with Crippen molar-refractivity contribution in [3.05, 3.63) is 24.3 Å². The number of H-pyrrole nitrogens is 1. The van der Waals surface area contributed by atoms with E-state index in [9.17, 15) is 8.42 Å². The van der Waals surface area contributed by atoms with Gasteiger partial charge in [-0.2, -0.15) is 5.10 Å². The van der Waals surface area contributed by atoms with Gasteiger partial charge in [-0.1, -0.05) is 18.2 Å². The average Bonchev–Trinajstić information content (AvgIpc) is 3.01. The third-order valence-corrected chi connectivity index (χ3v) is 4.21. The first-order valence-corrected chi connectivity index (χ1v) is 8.53. The molecule has 1 aromatic carbocycles. The number of nitrogens with one attached hydrogen (secondary N) is 1. The Morgan fingerprint density at radius 1 is 1.24 bits per heavy atom. The molecule has 0 spiro atoms. The summed E-state index contributed by atoms with van der Waals surface area (Å²) < 4.78 is 24.7. The van der Waals surface area contributed by atoms with E-state index < -0.39 is 9.05 Å². The predicted octanol–water partition coefficient (Wildman–Crippen LogP) is 2.33. The molecule has 0 saturated heterocycles. The molecule has 0 saturated carbocycles. The summed E-state index contributed by atoms with van der Waals surface area (Å²) in [5.41, 5.74) is 1.37. The van der Waals surface area contributed by atoms with Crippen molar-refractivity contribution in [2.45, 2.75) is 25.0 Å². The molecule has 0 aliphatic heterocycles. The summed E-state index contributed by atoms with van der Waals surface area (Å²) in [7, 11) is 1.44. The van der Waals surface area contributed by atoms with E-state index in [-0.39, 0.29) is 11.2 Å². The fraction of sp³-hybridized carbons (Fsp3) is 0.250. The van der Waals surface area contributed by atoms with Gasteiger partial charge in [-0.25, -0.2) is 8.42 Å². The lowest BCUT2D eigenvalue weighted by Gasteiger charge is -2.11. The van der Waals surface area contributed by atoms with E-state index in [1.165, 1.54) is 4.57 Å². The van der Waals surface area contributed by atoms with Gasteiger partial charge in [0, 0.05) is 22.1 Å². The number of hydrogen-bond acceptors (Lipinski definition) is 5. The first kappa shape index (κ1) is 14.0. The molecule has 0 fully saturated rings. The Morgan fingerprint density at radius 3 is 2.62 bits per heavy atom. The van der Waals surface area contributed by atoms with Crippen molar-refractivity contribution >= 4 is 30.6 Å². The normalized spacial score (nSPS) is 12.4. The van der Waals surface area contributed by atoms with Crippen molar-refractivity contribution in [3.8, 4) is 11.5 Å². The molecule has 0 aliphatic carbocycles. The van der Waals surface area contributed by atoms with Gasteiger partial charge in [0.2, 0.25) is 0 Å². The van der Waals surface area contributed by atoms with Gasteiger partial charge < -0.3 is 0 Å². The van der Waals surface area contributed by atoms with Crippen LogP contribution in [0.4, 0.5) is 0 Å². The zero-order valence-corrected chi connectivity index (χ0v) is 12.9. The van der Waals surface area contributed by atoms with Crippen LogP contribution < -0.4 is 0 Å². The van der Waals surface area contributed by atoms with E-state index >= 15 is 0 Å². The predicted molar refractivity (Wildman–Crippen MR) is 78.5 cm³/mol. The molecule has 0 unspecified atom stereocenters. The highest BCUT2D eigenvalue weighted by atomic mass is 35.7. The summed E-state index contributed by atoms with van der Waals surface area (Å²) in [6, 6.07) is 7.32. The summed E-state index contributed by atoms with van der Waals surface area (Å²) in [6.45, 7) is 3.65. The minimum Gasteiger partial charge on any atom is -0.293 e. The van der Waals surface area contributed by atoms with E-state index in [0.29, 0.717) is 11.5 Å². The molecule has 7 nitrogen and oxygen atoms in total. The number of halogens is 1. The summed E-state index contributed by atoms with van der Waals surface area (Å²) in [5, 5.41) is 15.3. The number of aromatic nitrogens is 5. The van der Waals surface area contributed by atoms with Crippen LogP contribution in [0.25, 0.3) is 22.4 Å². The third kappa shape index (κ3) is 2.30. The molecule has 0 amide bonds. The minimum absolute atomic E-state index is 0.186. The van der Waals surface area contributed by atoms with Crippen LogP contribution >= 0.6 is 10.7 Å². The zero-order chi connectivity index (χ0) is 15.2. The van der Waals surface area contributed by atoms with Gasteiger partial charge in [0.1, 0.15) is 5.69 Å². The maximum atomic E-state index is 11.6. The van der Waals surface area contributed by atoms with Gasteiger partial charge in [-0.05, 0) is 19.9 Å². The summed E-state index contributed by atoms with van der Waals surface area (Å²) in [4.78, 5) is 0. The molecule has 0 aliphatic rings. The standard InChI is InChI=1S/C12H12ClN5O2S/c1-7(2)18-11(16-17-12(18)21(13,19)20)10-8-5-3-4-6-9(8)14-15-10/h3-7H,1-2H3,(H,14,15). The number of rotatable bonds is 3. The fourth-order valence-electron chi connectivity index (χ4n) is 2.20. The van der Waals surface area contributed by atoms with Crippen LogP contribution in [0.2, 0.25) is 0 Å². The molecule has 3 rings (SSSR count). The van der Waals surface area contributed by atoms with Crippen LogP contribution in [-0.4, -0.2) is 33.4 Å². The summed E-state index contributed by atoms with van der Waals surface area (Å²) >= 11 is 0. The van der Waals surface area contributed by atoms with Crippen LogP contribution in [0.3, 0.4) is 0 Å². The van der Waals surface area contributed by atoms with Crippen molar-refractivity contribution in [1.82, 2.24) is 25.0 Å². The van der Waals surface area contributed by atoms with Crippen LogP contribution in [0.5, 0.6) is 0 Å². The Bertz CT molecular complexity index is 913. The van der Waals surface area contributed by atoms with Crippen LogP contribution in [0, 0.1) is 0 Å². The molecule has 0 radical (unpaired) electrons. The maximum Gasteiger partial charge on any atom is 0.296 e. The first-order chi connectivity index (χ1) is 9.89.